The van der Waals surface area contributed by atoms with Gasteiger partial charge in [-0.2, -0.15) is 0 Å². The zero-order valence-electron chi connectivity index (χ0n) is 10.5. The van der Waals surface area contributed by atoms with Crippen molar-refractivity contribution in [3.8, 4) is 0 Å². The highest BCUT2D eigenvalue weighted by atomic mass is 79.9. The molecule has 2 aromatic rings. The number of pyridine rings is 1. The molecule has 0 aliphatic heterocycles. The summed E-state index contributed by atoms with van der Waals surface area (Å²) in [6.07, 6.45) is 1.62. The first-order valence-corrected chi connectivity index (χ1v) is 6.31. The van der Waals surface area contributed by atoms with E-state index in [0.717, 1.165) is 9.04 Å². The van der Waals surface area contributed by atoms with Crippen LogP contribution in [0.2, 0.25) is 0 Å². The van der Waals surface area contributed by atoms with Gasteiger partial charge in [0, 0.05) is 42.6 Å². The average Bonchev–Trinajstić information content (AvgIpc) is 2.37. The minimum Gasteiger partial charge on any atom is -0.308 e. The van der Waals surface area contributed by atoms with Crippen LogP contribution in [0, 0.1) is 0 Å². The van der Waals surface area contributed by atoms with E-state index in [1.54, 1.807) is 19.3 Å². The molecule has 2 aromatic heterocycles. The summed E-state index contributed by atoms with van der Waals surface area (Å²) in [5.74, 6) is 0. The Morgan fingerprint density at radius 1 is 1.05 bits per heavy atom. The highest BCUT2D eigenvalue weighted by Gasteiger charge is 2.07. The van der Waals surface area contributed by atoms with Gasteiger partial charge in [-0.15, -0.1) is 0 Å². The van der Waals surface area contributed by atoms with Gasteiger partial charge in [0.25, 0.3) is 11.1 Å². The zero-order valence-corrected chi connectivity index (χ0v) is 12.0. The van der Waals surface area contributed by atoms with E-state index < -0.39 is 5.69 Å². The summed E-state index contributed by atoms with van der Waals surface area (Å²) in [6, 6.07) is 4.42. The van der Waals surface area contributed by atoms with Gasteiger partial charge in [-0.1, -0.05) is 0 Å². The van der Waals surface area contributed by atoms with Crippen molar-refractivity contribution in [2.45, 2.75) is 6.54 Å². The lowest BCUT2D eigenvalue weighted by Gasteiger charge is -2.11. The minimum atomic E-state index is -0.412. The normalized spacial score (nSPS) is 10.7. The summed E-state index contributed by atoms with van der Waals surface area (Å²) < 4.78 is 4.56. The second kappa shape index (κ2) is 5.00. The molecule has 2 rings (SSSR count). The van der Waals surface area contributed by atoms with Crippen LogP contribution in [0.15, 0.2) is 43.3 Å². The molecule has 0 aromatic carbocycles. The molecule has 0 fully saturated rings. The second-order valence-electron chi connectivity index (χ2n) is 4.19. The van der Waals surface area contributed by atoms with Crippen LogP contribution in [0.4, 0.5) is 0 Å². The van der Waals surface area contributed by atoms with E-state index in [0.29, 0.717) is 5.69 Å². The smallest absolute Gasteiger partial charge is 0.308 e. The lowest BCUT2D eigenvalue weighted by molar-refractivity contribution is 0.617. The predicted molar refractivity (Wildman–Crippen MR) is 74.4 cm³/mol. The maximum atomic E-state index is 11.8. The molecule has 0 spiro atoms. The van der Waals surface area contributed by atoms with Crippen LogP contribution >= 0.6 is 15.9 Å². The van der Waals surface area contributed by atoms with Gasteiger partial charge in [0.2, 0.25) is 0 Å². The van der Waals surface area contributed by atoms with E-state index in [2.05, 4.69) is 15.9 Å². The zero-order chi connectivity index (χ0) is 14.2. The maximum Gasteiger partial charge on any atom is 0.330 e. The lowest BCUT2D eigenvalue weighted by Crippen LogP contribution is -2.39. The fourth-order valence-corrected chi connectivity index (χ4v) is 2.11. The standard InChI is InChI=1S/C12H12BrN3O3/c1-14-9(5-11(18)15(2)12(14)19)7-16-6-8(13)3-4-10(16)17/h3-6H,7H2,1-2H3. The van der Waals surface area contributed by atoms with E-state index in [4.69, 9.17) is 0 Å². The molecule has 0 radical (unpaired) electrons. The summed E-state index contributed by atoms with van der Waals surface area (Å²) in [4.78, 5) is 35.1. The van der Waals surface area contributed by atoms with Crippen molar-refractivity contribution in [2.24, 2.45) is 14.1 Å². The highest BCUT2D eigenvalue weighted by molar-refractivity contribution is 9.10. The van der Waals surface area contributed by atoms with Gasteiger partial charge in [-0.25, -0.2) is 4.79 Å². The number of hydrogen-bond acceptors (Lipinski definition) is 3. The van der Waals surface area contributed by atoms with Crippen LogP contribution < -0.4 is 16.8 Å². The van der Waals surface area contributed by atoms with E-state index >= 15 is 0 Å². The quantitative estimate of drug-likeness (QED) is 0.784. The van der Waals surface area contributed by atoms with Crippen molar-refractivity contribution in [1.82, 2.24) is 13.7 Å². The molecule has 0 aliphatic rings. The lowest BCUT2D eigenvalue weighted by atomic mass is 10.3. The molecule has 2 heterocycles. The fraction of sp³-hybridized carbons (Fsp3) is 0.250. The van der Waals surface area contributed by atoms with Crippen LogP contribution in [-0.4, -0.2) is 13.7 Å². The average molecular weight is 326 g/mol. The van der Waals surface area contributed by atoms with Crippen LogP contribution in [0.25, 0.3) is 0 Å². The first kappa shape index (κ1) is 13.5. The van der Waals surface area contributed by atoms with Crippen molar-refractivity contribution < 1.29 is 0 Å². The topological polar surface area (TPSA) is 66.0 Å². The largest absolute Gasteiger partial charge is 0.330 e. The number of rotatable bonds is 2. The van der Waals surface area contributed by atoms with Crippen molar-refractivity contribution in [3.05, 3.63) is 65.8 Å². The van der Waals surface area contributed by atoms with Crippen molar-refractivity contribution in [3.63, 3.8) is 0 Å². The summed E-state index contributed by atoms with van der Waals surface area (Å²) in [6.45, 7) is 0.167. The third-order valence-electron chi connectivity index (χ3n) is 2.91. The SMILES string of the molecule is Cn1c(Cn2cc(Br)ccc2=O)cc(=O)n(C)c1=O. The maximum absolute atomic E-state index is 11.8. The van der Waals surface area contributed by atoms with Crippen molar-refractivity contribution >= 4 is 15.9 Å². The van der Waals surface area contributed by atoms with Crippen LogP contribution in [0.3, 0.4) is 0 Å². The van der Waals surface area contributed by atoms with Crippen LogP contribution in [-0.2, 0) is 20.6 Å². The minimum absolute atomic E-state index is 0.167. The van der Waals surface area contributed by atoms with Crippen LogP contribution in [0.5, 0.6) is 0 Å². The highest BCUT2D eigenvalue weighted by Crippen LogP contribution is 2.06. The number of aromatic nitrogens is 3. The summed E-state index contributed by atoms with van der Waals surface area (Å²) in [5, 5.41) is 0. The van der Waals surface area contributed by atoms with Gasteiger partial charge in [-0.05, 0) is 22.0 Å². The molecule has 0 atom stereocenters. The molecule has 6 nitrogen and oxygen atoms in total. The molecule has 0 aliphatic carbocycles. The Morgan fingerprint density at radius 2 is 1.74 bits per heavy atom. The first-order valence-electron chi connectivity index (χ1n) is 5.52. The third-order valence-corrected chi connectivity index (χ3v) is 3.37. The van der Waals surface area contributed by atoms with Gasteiger partial charge in [0.15, 0.2) is 0 Å². The van der Waals surface area contributed by atoms with E-state index in [1.165, 1.54) is 28.3 Å². The molecule has 0 N–H and O–H groups in total. The Labute approximate surface area is 116 Å². The molecule has 0 unspecified atom stereocenters. The Morgan fingerprint density at radius 3 is 2.42 bits per heavy atom. The fourth-order valence-electron chi connectivity index (χ4n) is 1.73. The Bertz CT molecular complexity index is 801. The Balaban J connectivity index is 2.56. The molecular weight excluding hydrogens is 314 g/mol. The van der Waals surface area contributed by atoms with Crippen molar-refractivity contribution in [1.29, 1.82) is 0 Å². The molecule has 0 bridgehead atoms. The van der Waals surface area contributed by atoms with E-state index in [1.807, 2.05) is 0 Å². The molecule has 100 valence electrons. The Kier molecular flexibility index (Phi) is 3.57. The van der Waals surface area contributed by atoms with Gasteiger partial charge in [-0.3, -0.25) is 18.7 Å². The molecule has 0 amide bonds. The summed E-state index contributed by atoms with van der Waals surface area (Å²) in [5.41, 5.74) is -0.517. The molecule has 0 saturated carbocycles. The van der Waals surface area contributed by atoms with Gasteiger partial charge in [0.1, 0.15) is 0 Å². The van der Waals surface area contributed by atoms with Gasteiger partial charge < -0.3 is 4.57 Å². The van der Waals surface area contributed by atoms with Gasteiger partial charge in [0.05, 0.1) is 6.54 Å². The number of halogens is 1. The van der Waals surface area contributed by atoms with Crippen LogP contribution in [0.1, 0.15) is 5.69 Å². The third kappa shape index (κ3) is 2.60. The second-order valence-corrected chi connectivity index (χ2v) is 5.10. The monoisotopic (exact) mass is 325 g/mol. The van der Waals surface area contributed by atoms with Crippen molar-refractivity contribution in [2.75, 3.05) is 0 Å². The Hall–Kier alpha value is -1.89. The predicted octanol–water partition coefficient (Wildman–Crippen LogP) is 0.0565. The van der Waals surface area contributed by atoms with E-state index in [9.17, 15) is 14.4 Å². The molecule has 7 heteroatoms. The summed E-state index contributed by atoms with van der Waals surface area (Å²) in [7, 11) is 2.99. The first-order chi connectivity index (χ1) is 8.90. The van der Waals surface area contributed by atoms with E-state index in [-0.39, 0.29) is 17.7 Å². The number of nitrogens with zero attached hydrogens (tertiary/aromatic N) is 3. The molecule has 0 saturated heterocycles. The molecular formula is C12H12BrN3O3. The van der Waals surface area contributed by atoms with Gasteiger partial charge >= 0.3 is 5.69 Å². The summed E-state index contributed by atoms with van der Waals surface area (Å²) >= 11 is 3.27. The molecule has 19 heavy (non-hydrogen) atoms. The number of hydrogen-bond donors (Lipinski definition) is 0.